The van der Waals surface area contributed by atoms with Gasteiger partial charge in [-0.25, -0.2) is 17.5 Å². The first-order chi connectivity index (χ1) is 9.25. The second kappa shape index (κ2) is 5.18. The van der Waals surface area contributed by atoms with Gasteiger partial charge in [0.25, 0.3) is 0 Å². The van der Waals surface area contributed by atoms with E-state index in [1.807, 2.05) is 0 Å². The van der Waals surface area contributed by atoms with E-state index in [0.29, 0.717) is 18.4 Å². The highest BCUT2D eigenvalue weighted by Crippen LogP contribution is 2.39. The van der Waals surface area contributed by atoms with Crippen molar-refractivity contribution in [2.24, 2.45) is 11.8 Å². The molecule has 0 bridgehead atoms. The van der Waals surface area contributed by atoms with E-state index in [0.717, 1.165) is 6.42 Å². The van der Waals surface area contributed by atoms with Crippen LogP contribution < -0.4 is 0 Å². The molecule has 1 saturated carbocycles. The number of hydrogen-bond acceptors (Lipinski definition) is 3. The maximum atomic E-state index is 12.5. The largest absolute Gasteiger partial charge is 0.478 e. The van der Waals surface area contributed by atoms with Crippen LogP contribution in [0.3, 0.4) is 0 Å². The maximum absolute atomic E-state index is 12.5. The van der Waals surface area contributed by atoms with Gasteiger partial charge in [-0.15, -0.1) is 0 Å². The molecule has 1 N–H and O–H groups in total. The molecule has 1 fully saturated rings. The van der Waals surface area contributed by atoms with Crippen molar-refractivity contribution < 1.29 is 18.3 Å². The van der Waals surface area contributed by atoms with Gasteiger partial charge >= 0.3 is 5.97 Å². The van der Waals surface area contributed by atoms with Crippen molar-refractivity contribution in [3.05, 3.63) is 29.3 Å². The van der Waals surface area contributed by atoms with E-state index in [9.17, 15) is 13.2 Å². The zero-order valence-electron chi connectivity index (χ0n) is 11.8. The smallest absolute Gasteiger partial charge is 0.335 e. The van der Waals surface area contributed by atoms with E-state index in [-0.39, 0.29) is 16.0 Å². The van der Waals surface area contributed by atoms with E-state index in [4.69, 9.17) is 5.11 Å². The monoisotopic (exact) mass is 297 g/mol. The molecular weight excluding hydrogens is 278 g/mol. The number of carboxylic acids is 1. The highest BCUT2D eigenvalue weighted by molar-refractivity contribution is 7.89. The van der Waals surface area contributed by atoms with Crippen LogP contribution in [0.2, 0.25) is 0 Å². The fourth-order valence-electron chi connectivity index (χ4n) is 2.38. The number of carbonyl (C=O) groups is 1. The quantitative estimate of drug-likeness (QED) is 0.901. The van der Waals surface area contributed by atoms with Gasteiger partial charge in [-0.2, -0.15) is 0 Å². The Bertz CT molecular complexity index is 639. The highest BCUT2D eigenvalue weighted by Gasteiger charge is 2.36. The molecule has 0 radical (unpaired) electrons. The molecule has 20 heavy (non-hydrogen) atoms. The molecule has 1 aromatic rings. The van der Waals surface area contributed by atoms with Crippen LogP contribution in [0, 0.1) is 18.8 Å². The van der Waals surface area contributed by atoms with Gasteiger partial charge in [0.2, 0.25) is 10.0 Å². The van der Waals surface area contributed by atoms with Crippen molar-refractivity contribution in [3.8, 4) is 0 Å². The molecule has 2 atom stereocenters. The summed E-state index contributed by atoms with van der Waals surface area (Å²) in [7, 11) is -2.09. The van der Waals surface area contributed by atoms with Gasteiger partial charge < -0.3 is 5.11 Å². The minimum Gasteiger partial charge on any atom is -0.478 e. The molecule has 0 saturated heterocycles. The Morgan fingerprint density at radius 3 is 2.55 bits per heavy atom. The number of hydrogen-bond donors (Lipinski definition) is 1. The first kappa shape index (κ1) is 15.0. The molecule has 5 nitrogen and oxygen atoms in total. The normalized spacial score (nSPS) is 22.0. The van der Waals surface area contributed by atoms with Crippen LogP contribution in [0.1, 0.15) is 29.3 Å². The molecule has 0 spiro atoms. The minimum absolute atomic E-state index is 0.0271. The molecule has 0 heterocycles. The van der Waals surface area contributed by atoms with E-state index in [1.165, 1.54) is 29.4 Å². The van der Waals surface area contributed by atoms with Crippen LogP contribution in [-0.2, 0) is 10.0 Å². The lowest BCUT2D eigenvalue weighted by atomic mass is 10.1. The topological polar surface area (TPSA) is 74.7 Å². The predicted octanol–water partition coefficient (Wildman–Crippen LogP) is 1.97. The van der Waals surface area contributed by atoms with Crippen molar-refractivity contribution in [2.45, 2.75) is 25.2 Å². The van der Waals surface area contributed by atoms with Gasteiger partial charge in [-0.3, -0.25) is 0 Å². The Labute approximate surface area is 119 Å². The van der Waals surface area contributed by atoms with Crippen LogP contribution in [0.5, 0.6) is 0 Å². The third-order valence-corrected chi connectivity index (χ3v) is 5.94. The average molecular weight is 297 g/mol. The highest BCUT2D eigenvalue weighted by atomic mass is 32.2. The van der Waals surface area contributed by atoms with Crippen molar-refractivity contribution in [3.63, 3.8) is 0 Å². The summed E-state index contributed by atoms with van der Waals surface area (Å²) in [6, 6.07) is 4.35. The molecular formula is C14H19NO4S. The van der Waals surface area contributed by atoms with Crippen LogP contribution in [0.4, 0.5) is 0 Å². The summed E-state index contributed by atoms with van der Waals surface area (Å²) in [5, 5.41) is 9.08. The molecule has 0 amide bonds. The van der Waals surface area contributed by atoms with Gasteiger partial charge in [0, 0.05) is 13.6 Å². The number of sulfonamides is 1. The zero-order valence-corrected chi connectivity index (χ0v) is 12.6. The number of rotatable bonds is 5. The first-order valence-electron chi connectivity index (χ1n) is 6.54. The van der Waals surface area contributed by atoms with E-state index in [2.05, 4.69) is 6.92 Å². The summed E-state index contributed by atoms with van der Waals surface area (Å²) < 4.78 is 26.4. The zero-order chi connectivity index (χ0) is 15.1. The van der Waals surface area contributed by atoms with Gasteiger partial charge in [0.15, 0.2) is 0 Å². The van der Waals surface area contributed by atoms with Crippen LogP contribution in [0.15, 0.2) is 23.1 Å². The molecule has 1 aliphatic carbocycles. The van der Waals surface area contributed by atoms with Gasteiger partial charge in [0.05, 0.1) is 10.5 Å². The van der Waals surface area contributed by atoms with E-state index in [1.54, 1.807) is 7.05 Å². The lowest BCUT2D eigenvalue weighted by Gasteiger charge is -2.19. The van der Waals surface area contributed by atoms with Crippen molar-refractivity contribution in [1.29, 1.82) is 0 Å². The number of aromatic carboxylic acids is 1. The minimum atomic E-state index is -3.63. The van der Waals surface area contributed by atoms with Crippen molar-refractivity contribution in [2.75, 3.05) is 13.6 Å². The van der Waals surface area contributed by atoms with Crippen LogP contribution in [-0.4, -0.2) is 37.4 Å². The standard InChI is InChI=1S/C14H19NO4S/c1-9-7-11(9)8-15(3)20(18,19)13-6-4-5-12(10(13)2)14(16)17/h4-6,9,11H,7-8H2,1-3H3,(H,16,17). The van der Waals surface area contributed by atoms with Crippen molar-refractivity contribution >= 4 is 16.0 Å². The summed E-state index contributed by atoms with van der Waals surface area (Å²) in [5.41, 5.74) is 0.315. The van der Waals surface area contributed by atoms with E-state index >= 15 is 0 Å². The maximum Gasteiger partial charge on any atom is 0.335 e. The molecule has 1 aliphatic rings. The average Bonchev–Trinajstić information content (AvgIpc) is 3.04. The predicted molar refractivity (Wildman–Crippen MR) is 75.2 cm³/mol. The van der Waals surface area contributed by atoms with Crippen LogP contribution in [0.25, 0.3) is 0 Å². The molecule has 1 aromatic carbocycles. The lowest BCUT2D eigenvalue weighted by Crippen LogP contribution is -2.30. The Kier molecular flexibility index (Phi) is 3.88. The first-order valence-corrected chi connectivity index (χ1v) is 7.98. The summed E-state index contributed by atoms with van der Waals surface area (Å²) in [6.07, 6.45) is 1.05. The SMILES string of the molecule is Cc1c(C(=O)O)cccc1S(=O)(=O)N(C)CC1CC1C. The van der Waals surface area contributed by atoms with Crippen molar-refractivity contribution in [1.82, 2.24) is 4.31 Å². The third-order valence-electron chi connectivity index (χ3n) is 3.97. The second-order valence-corrected chi connectivity index (χ2v) is 7.51. The van der Waals surface area contributed by atoms with Gasteiger partial charge in [0.1, 0.15) is 0 Å². The van der Waals surface area contributed by atoms with Crippen LogP contribution >= 0.6 is 0 Å². The molecule has 2 unspecified atom stereocenters. The summed E-state index contributed by atoms with van der Waals surface area (Å²) in [4.78, 5) is 11.2. The lowest BCUT2D eigenvalue weighted by molar-refractivity contribution is 0.0696. The molecule has 2 rings (SSSR count). The summed E-state index contributed by atoms with van der Waals surface area (Å²) in [6.45, 7) is 4.12. The second-order valence-electron chi connectivity index (χ2n) is 5.49. The molecule has 110 valence electrons. The molecule has 0 aromatic heterocycles. The fraction of sp³-hybridized carbons (Fsp3) is 0.500. The number of carboxylic acid groups (broad SMARTS) is 1. The number of nitrogens with zero attached hydrogens (tertiary/aromatic N) is 1. The Balaban J connectivity index is 2.34. The summed E-state index contributed by atoms with van der Waals surface area (Å²) in [5.74, 6) is -0.130. The van der Waals surface area contributed by atoms with Gasteiger partial charge in [-0.1, -0.05) is 13.0 Å². The Morgan fingerprint density at radius 1 is 1.45 bits per heavy atom. The van der Waals surface area contributed by atoms with Gasteiger partial charge in [-0.05, 0) is 42.9 Å². The Hall–Kier alpha value is -1.40. The van der Waals surface area contributed by atoms with E-state index < -0.39 is 16.0 Å². The summed E-state index contributed by atoms with van der Waals surface area (Å²) >= 11 is 0. The molecule has 0 aliphatic heterocycles. The number of benzene rings is 1. The molecule has 6 heteroatoms. The third kappa shape index (κ3) is 2.71. The Morgan fingerprint density at radius 2 is 2.05 bits per heavy atom. The fourth-order valence-corrected chi connectivity index (χ4v) is 3.85.